The van der Waals surface area contributed by atoms with E-state index >= 15 is 0 Å². The number of rotatable bonds is 7. The zero-order valence-electron chi connectivity index (χ0n) is 12.2. The molecule has 0 saturated heterocycles. The summed E-state index contributed by atoms with van der Waals surface area (Å²) in [6, 6.07) is 0.112. The number of nitrogens with zero attached hydrogens (tertiary/aromatic N) is 1. The molecule has 0 heterocycles. The van der Waals surface area contributed by atoms with Gasteiger partial charge in [-0.05, 0) is 37.5 Å². The summed E-state index contributed by atoms with van der Waals surface area (Å²) in [5.74, 6) is 0. The summed E-state index contributed by atoms with van der Waals surface area (Å²) < 4.78 is 29.0. The van der Waals surface area contributed by atoms with Crippen LogP contribution < -0.4 is 4.72 Å². The average Bonchev–Trinajstić information content (AvgIpc) is 2.57. The summed E-state index contributed by atoms with van der Waals surface area (Å²) >= 11 is 0. The smallest absolute Gasteiger partial charge is 0.199 e. The van der Waals surface area contributed by atoms with Gasteiger partial charge in [-0.15, -0.1) is 0 Å². The molecule has 0 amide bonds. The molecular weight excluding hydrogens is 248 g/mol. The van der Waals surface area contributed by atoms with E-state index in [0.29, 0.717) is 13.1 Å². The van der Waals surface area contributed by atoms with Gasteiger partial charge in [0.1, 0.15) is 0 Å². The fraction of sp³-hybridized carbons (Fsp3) is 1.00. The third-order valence-corrected chi connectivity index (χ3v) is 5.25. The second-order valence-electron chi connectivity index (χ2n) is 6.13. The summed E-state index contributed by atoms with van der Waals surface area (Å²) in [5.41, 5.74) is 0.271. The van der Waals surface area contributed by atoms with Crippen molar-refractivity contribution in [3.8, 4) is 0 Å². The van der Waals surface area contributed by atoms with Crippen molar-refractivity contribution in [1.82, 2.24) is 9.03 Å². The van der Waals surface area contributed by atoms with Gasteiger partial charge in [0.25, 0.3) is 10.2 Å². The Balaban J connectivity index is 2.62. The second-order valence-corrected chi connectivity index (χ2v) is 7.83. The fourth-order valence-corrected chi connectivity index (χ4v) is 4.29. The third-order valence-electron chi connectivity index (χ3n) is 3.57. The van der Waals surface area contributed by atoms with Crippen LogP contribution in [0.1, 0.15) is 59.8 Å². The molecule has 1 unspecified atom stereocenters. The lowest BCUT2D eigenvalue weighted by Crippen LogP contribution is -2.45. The van der Waals surface area contributed by atoms with Crippen LogP contribution in [0.4, 0.5) is 0 Å². The minimum atomic E-state index is -3.30. The maximum atomic E-state index is 12.3. The Morgan fingerprint density at radius 1 is 1.22 bits per heavy atom. The van der Waals surface area contributed by atoms with Crippen molar-refractivity contribution in [2.24, 2.45) is 5.41 Å². The molecule has 5 heteroatoms. The summed E-state index contributed by atoms with van der Waals surface area (Å²) in [6.07, 6.45) is 4.71. The van der Waals surface area contributed by atoms with Crippen LogP contribution in [-0.4, -0.2) is 31.9 Å². The molecule has 0 radical (unpaired) electrons. The average molecular weight is 276 g/mol. The van der Waals surface area contributed by atoms with E-state index in [0.717, 1.165) is 32.1 Å². The van der Waals surface area contributed by atoms with Gasteiger partial charge in [0.05, 0.1) is 0 Å². The molecule has 1 fully saturated rings. The molecule has 1 N–H and O–H groups in total. The van der Waals surface area contributed by atoms with Gasteiger partial charge in [-0.3, -0.25) is 0 Å². The van der Waals surface area contributed by atoms with Crippen LogP contribution in [0.25, 0.3) is 0 Å². The van der Waals surface area contributed by atoms with Crippen molar-refractivity contribution in [3.05, 3.63) is 0 Å². The molecule has 108 valence electrons. The SMILES string of the molecule is CCCN(CCC)S(=O)(=O)NC1CCC(C)(C)C1. The number of hydrogen-bond donors (Lipinski definition) is 1. The quantitative estimate of drug-likeness (QED) is 0.777. The van der Waals surface area contributed by atoms with Crippen LogP contribution in [0.15, 0.2) is 0 Å². The largest absolute Gasteiger partial charge is 0.279 e. The second kappa shape index (κ2) is 6.35. The minimum Gasteiger partial charge on any atom is -0.199 e. The minimum absolute atomic E-state index is 0.112. The van der Waals surface area contributed by atoms with E-state index in [2.05, 4.69) is 18.6 Å². The van der Waals surface area contributed by atoms with Crippen molar-refractivity contribution in [2.75, 3.05) is 13.1 Å². The predicted molar refractivity (Wildman–Crippen MR) is 75.6 cm³/mol. The summed E-state index contributed by atoms with van der Waals surface area (Å²) in [4.78, 5) is 0. The van der Waals surface area contributed by atoms with Gasteiger partial charge in [0.2, 0.25) is 0 Å². The molecule has 0 aromatic rings. The standard InChI is InChI=1S/C13H28N2O2S/c1-5-9-15(10-6-2)18(16,17)14-12-7-8-13(3,4)11-12/h12,14H,5-11H2,1-4H3. The maximum Gasteiger partial charge on any atom is 0.279 e. The van der Waals surface area contributed by atoms with E-state index in [4.69, 9.17) is 0 Å². The molecule has 0 aromatic carbocycles. The number of hydrogen-bond acceptors (Lipinski definition) is 2. The van der Waals surface area contributed by atoms with E-state index in [1.165, 1.54) is 0 Å². The molecule has 1 aliphatic rings. The van der Waals surface area contributed by atoms with E-state index in [-0.39, 0.29) is 11.5 Å². The van der Waals surface area contributed by atoms with E-state index in [1.54, 1.807) is 4.31 Å². The van der Waals surface area contributed by atoms with Crippen molar-refractivity contribution in [1.29, 1.82) is 0 Å². The highest BCUT2D eigenvalue weighted by Gasteiger charge is 2.34. The van der Waals surface area contributed by atoms with Crippen LogP contribution in [-0.2, 0) is 10.2 Å². The molecule has 0 aliphatic heterocycles. The lowest BCUT2D eigenvalue weighted by Gasteiger charge is -2.24. The Hall–Kier alpha value is -0.130. The van der Waals surface area contributed by atoms with Gasteiger partial charge < -0.3 is 0 Å². The third kappa shape index (κ3) is 4.52. The zero-order valence-corrected chi connectivity index (χ0v) is 13.0. The number of nitrogens with one attached hydrogen (secondary N) is 1. The molecule has 1 saturated carbocycles. The van der Waals surface area contributed by atoms with E-state index in [9.17, 15) is 8.42 Å². The monoisotopic (exact) mass is 276 g/mol. The first-order valence-electron chi connectivity index (χ1n) is 7.08. The van der Waals surface area contributed by atoms with Crippen molar-refractivity contribution < 1.29 is 8.42 Å². The first-order valence-corrected chi connectivity index (χ1v) is 8.52. The Morgan fingerprint density at radius 3 is 2.17 bits per heavy atom. The van der Waals surface area contributed by atoms with E-state index < -0.39 is 10.2 Å². The Labute approximate surface area is 112 Å². The highest BCUT2D eigenvalue weighted by molar-refractivity contribution is 7.87. The predicted octanol–water partition coefficient (Wildman–Crippen LogP) is 2.52. The van der Waals surface area contributed by atoms with Gasteiger partial charge in [0, 0.05) is 19.1 Å². The van der Waals surface area contributed by atoms with Gasteiger partial charge >= 0.3 is 0 Å². The Morgan fingerprint density at radius 2 is 1.78 bits per heavy atom. The lowest BCUT2D eigenvalue weighted by atomic mass is 9.92. The molecule has 4 nitrogen and oxygen atoms in total. The van der Waals surface area contributed by atoms with Crippen molar-refractivity contribution in [2.45, 2.75) is 65.8 Å². The van der Waals surface area contributed by atoms with Gasteiger partial charge in [-0.25, -0.2) is 0 Å². The van der Waals surface area contributed by atoms with Crippen LogP contribution in [0.5, 0.6) is 0 Å². The van der Waals surface area contributed by atoms with Gasteiger partial charge in [-0.2, -0.15) is 17.4 Å². The summed E-state index contributed by atoms with van der Waals surface area (Å²) in [7, 11) is -3.30. The highest BCUT2D eigenvalue weighted by Crippen LogP contribution is 2.37. The normalized spacial score (nSPS) is 23.7. The zero-order chi connectivity index (χ0) is 13.8. The molecule has 0 aromatic heterocycles. The summed E-state index contributed by atoms with van der Waals surface area (Å²) in [5, 5.41) is 0. The highest BCUT2D eigenvalue weighted by atomic mass is 32.2. The van der Waals surface area contributed by atoms with Crippen LogP contribution in [0.3, 0.4) is 0 Å². The van der Waals surface area contributed by atoms with Crippen LogP contribution in [0, 0.1) is 5.41 Å². The van der Waals surface area contributed by atoms with Crippen LogP contribution >= 0.6 is 0 Å². The molecule has 0 spiro atoms. The topological polar surface area (TPSA) is 49.4 Å². The Bertz CT molecular complexity index is 346. The van der Waals surface area contributed by atoms with E-state index in [1.807, 2.05) is 13.8 Å². The first kappa shape index (κ1) is 15.9. The van der Waals surface area contributed by atoms with Crippen LogP contribution in [0.2, 0.25) is 0 Å². The fourth-order valence-electron chi connectivity index (χ4n) is 2.67. The molecule has 1 rings (SSSR count). The molecule has 18 heavy (non-hydrogen) atoms. The first-order chi connectivity index (χ1) is 8.30. The molecule has 1 aliphatic carbocycles. The maximum absolute atomic E-state index is 12.3. The molecular formula is C13H28N2O2S. The van der Waals surface area contributed by atoms with Crippen molar-refractivity contribution in [3.63, 3.8) is 0 Å². The van der Waals surface area contributed by atoms with Gasteiger partial charge in [-0.1, -0.05) is 27.7 Å². The lowest BCUT2D eigenvalue weighted by molar-refractivity contribution is 0.365. The summed E-state index contributed by atoms with van der Waals surface area (Å²) in [6.45, 7) is 9.65. The molecule has 0 bridgehead atoms. The van der Waals surface area contributed by atoms with Crippen molar-refractivity contribution >= 4 is 10.2 Å². The Kier molecular flexibility index (Phi) is 5.62. The molecule has 1 atom stereocenters. The van der Waals surface area contributed by atoms with Gasteiger partial charge in [0.15, 0.2) is 0 Å².